The second kappa shape index (κ2) is 7.81. The van der Waals surface area contributed by atoms with Gasteiger partial charge in [-0.1, -0.05) is 30.9 Å². The van der Waals surface area contributed by atoms with Crippen molar-refractivity contribution in [2.24, 2.45) is 5.41 Å². The molecule has 3 nitrogen and oxygen atoms in total. The van der Waals surface area contributed by atoms with Crippen LogP contribution in [-0.2, 0) is 6.42 Å². The zero-order valence-electron chi connectivity index (χ0n) is 11.5. The highest BCUT2D eigenvalue weighted by Crippen LogP contribution is 2.28. The molecule has 0 saturated heterocycles. The highest BCUT2D eigenvalue weighted by Gasteiger charge is 2.29. The largest absolute Gasteiger partial charge is 0.490 e. The van der Waals surface area contributed by atoms with Crippen molar-refractivity contribution in [3.05, 3.63) is 55.1 Å². The molecular formula is C17H18N2O. The van der Waals surface area contributed by atoms with E-state index in [2.05, 4.69) is 25.3 Å². The molecule has 0 fully saturated rings. The fourth-order valence-corrected chi connectivity index (χ4v) is 1.86. The summed E-state index contributed by atoms with van der Waals surface area (Å²) in [5.41, 5.74) is -0.0411. The van der Waals surface area contributed by atoms with Crippen molar-refractivity contribution in [3.63, 3.8) is 0 Å². The first-order chi connectivity index (χ1) is 9.69. The highest BCUT2D eigenvalue weighted by molar-refractivity contribution is 5.30. The van der Waals surface area contributed by atoms with E-state index in [-0.39, 0.29) is 0 Å². The summed E-state index contributed by atoms with van der Waals surface area (Å²) in [4.78, 5) is 0. The fraction of sp³-hybridized carbons (Fsp3) is 0.294. The zero-order valence-corrected chi connectivity index (χ0v) is 11.5. The summed E-state index contributed by atoms with van der Waals surface area (Å²) in [5, 5.41) is 18.6. The van der Waals surface area contributed by atoms with Gasteiger partial charge in [0, 0.05) is 6.42 Å². The van der Waals surface area contributed by atoms with Gasteiger partial charge >= 0.3 is 0 Å². The Labute approximate surface area is 120 Å². The Morgan fingerprint density at radius 1 is 1.10 bits per heavy atom. The van der Waals surface area contributed by atoms with Crippen LogP contribution < -0.4 is 4.74 Å². The quantitative estimate of drug-likeness (QED) is 0.672. The van der Waals surface area contributed by atoms with Crippen molar-refractivity contribution in [1.29, 1.82) is 10.5 Å². The van der Waals surface area contributed by atoms with Crippen LogP contribution in [0.2, 0.25) is 0 Å². The maximum Gasteiger partial charge on any atom is 0.148 e. The van der Waals surface area contributed by atoms with Crippen LogP contribution in [-0.4, -0.2) is 6.61 Å². The molecule has 1 rings (SSSR count). The Balaban J connectivity index is 2.79. The Morgan fingerprint density at radius 2 is 1.75 bits per heavy atom. The Hall–Kier alpha value is -2.52. The van der Waals surface area contributed by atoms with Crippen LogP contribution >= 0.6 is 0 Å². The zero-order chi connectivity index (χ0) is 14.8. The summed E-state index contributed by atoms with van der Waals surface area (Å²) >= 11 is 0. The second-order valence-corrected chi connectivity index (χ2v) is 4.55. The summed E-state index contributed by atoms with van der Waals surface area (Å²) in [6.07, 6.45) is 4.98. The van der Waals surface area contributed by atoms with E-state index in [0.29, 0.717) is 25.9 Å². The minimum Gasteiger partial charge on any atom is -0.490 e. The lowest BCUT2D eigenvalue weighted by molar-refractivity contribution is 0.363. The van der Waals surface area contributed by atoms with Gasteiger partial charge in [-0.25, -0.2) is 0 Å². The molecule has 20 heavy (non-hydrogen) atoms. The van der Waals surface area contributed by atoms with Gasteiger partial charge in [-0.3, -0.25) is 0 Å². The van der Waals surface area contributed by atoms with Crippen LogP contribution in [0, 0.1) is 28.1 Å². The van der Waals surface area contributed by atoms with Crippen molar-refractivity contribution in [3.8, 4) is 17.9 Å². The lowest BCUT2D eigenvalue weighted by Crippen LogP contribution is -2.19. The third kappa shape index (κ3) is 4.30. The number of hydrogen-bond acceptors (Lipinski definition) is 3. The first-order valence-electron chi connectivity index (χ1n) is 6.46. The van der Waals surface area contributed by atoms with Crippen LogP contribution in [0.4, 0.5) is 0 Å². The number of ether oxygens (including phenoxy) is 1. The molecule has 102 valence electrons. The number of allylic oxidation sites excluding steroid dienone is 1. The Bertz CT molecular complexity index is 518. The van der Waals surface area contributed by atoms with Crippen molar-refractivity contribution >= 4 is 0 Å². The smallest absolute Gasteiger partial charge is 0.148 e. The maximum atomic E-state index is 9.29. The molecule has 0 aliphatic carbocycles. The molecule has 0 aliphatic rings. The molecule has 0 spiro atoms. The van der Waals surface area contributed by atoms with E-state index < -0.39 is 5.41 Å². The van der Waals surface area contributed by atoms with Gasteiger partial charge in [-0.05, 0) is 30.5 Å². The molecule has 0 aliphatic heterocycles. The molecule has 0 saturated carbocycles. The predicted molar refractivity (Wildman–Crippen MR) is 78.9 cm³/mol. The van der Waals surface area contributed by atoms with Gasteiger partial charge in [-0.15, -0.1) is 6.58 Å². The lowest BCUT2D eigenvalue weighted by atomic mass is 9.80. The minimum atomic E-state index is -0.988. The van der Waals surface area contributed by atoms with E-state index in [1.807, 2.05) is 24.3 Å². The standard InChI is InChI=1S/C17H18N2O/c1-3-5-10-17(13-18,14-19)12-15-6-8-16(9-7-15)20-11-4-2/h3-4,6-9H,1-2,5,10-12H2. The Kier molecular flexibility index (Phi) is 6.07. The number of benzene rings is 1. The maximum absolute atomic E-state index is 9.29. The topological polar surface area (TPSA) is 56.8 Å². The average Bonchev–Trinajstić information content (AvgIpc) is 2.51. The first kappa shape index (κ1) is 15.5. The van der Waals surface area contributed by atoms with E-state index >= 15 is 0 Å². The third-order valence-electron chi connectivity index (χ3n) is 3.00. The number of nitrogens with zero attached hydrogens (tertiary/aromatic N) is 2. The predicted octanol–water partition coefficient (Wildman–Crippen LogP) is 3.79. The van der Waals surface area contributed by atoms with Crippen LogP contribution in [0.25, 0.3) is 0 Å². The fourth-order valence-electron chi connectivity index (χ4n) is 1.86. The summed E-state index contributed by atoms with van der Waals surface area (Å²) < 4.78 is 5.40. The average molecular weight is 266 g/mol. The molecular weight excluding hydrogens is 248 g/mol. The van der Waals surface area contributed by atoms with Crippen molar-refractivity contribution in [1.82, 2.24) is 0 Å². The SMILES string of the molecule is C=CCCC(C#N)(C#N)Cc1ccc(OCC=C)cc1. The molecule has 1 aromatic rings. The van der Waals surface area contributed by atoms with Gasteiger partial charge in [0.15, 0.2) is 0 Å². The normalized spacial score (nSPS) is 10.1. The summed E-state index contributed by atoms with van der Waals surface area (Å²) in [6, 6.07) is 11.7. The van der Waals surface area contributed by atoms with Crippen LogP contribution in [0.1, 0.15) is 18.4 Å². The van der Waals surface area contributed by atoms with Gasteiger partial charge in [0.1, 0.15) is 17.8 Å². The van der Waals surface area contributed by atoms with Gasteiger partial charge < -0.3 is 4.74 Å². The van der Waals surface area contributed by atoms with E-state index in [1.165, 1.54) is 0 Å². The van der Waals surface area contributed by atoms with E-state index in [4.69, 9.17) is 4.74 Å². The molecule has 0 unspecified atom stereocenters. The molecule has 0 radical (unpaired) electrons. The molecule has 0 bridgehead atoms. The van der Waals surface area contributed by atoms with Gasteiger partial charge in [0.05, 0.1) is 12.1 Å². The van der Waals surface area contributed by atoms with E-state index in [1.54, 1.807) is 12.2 Å². The third-order valence-corrected chi connectivity index (χ3v) is 3.00. The molecule has 0 atom stereocenters. The summed E-state index contributed by atoms with van der Waals surface area (Å²) in [6.45, 7) is 7.68. The monoisotopic (exact) mass is 266 g/mol. The first-order valence-corrected chi connectivity index (χ1v) is 6.46. The van der Waals surface area contributed by atoms with Crippen molar-refractivity contribution in [2.75, 3.05) is 6.61 Å². The van der Waals surface area contributed by atoms with Gasteiger partial charge in [0.25, 0.3) is 0 Å². The van der Waals surface area contributed by atoms with Crippen LogP contribution in [0.15, 0.2) is 49.6 Å². The minimum absolute atomic E-state index is 0.412. The van der Waals surface area contributed by atoms with Crippen LogP contribution in [0.3, 0.4) is 0 Å². The highest BCUT2D eigenvalue weighted by atomic mass is 16.5. The lowest BCUT2D eigenvalue weighted by Gasteiger charge is -2.17. The number of hydrogen-bond donors (Lipinski definition) is 0. The summed E-state index contributed by atoms with van der Waals surface area (Å²) in [5.74, 6) is 0.749. The Morgan fingerprint density at radius 3 is 2.25 bits per heavy atom. The molecule has 0 amide bonds. The molecule has 0 heterocycles. The number of rotatable bonds is 8. The summed E-state index contributed by atoms with van der Waals surface area (Å²) in [7, 11) is 0. The molecule has 0 aromatic heterocycles. The second-order valence-electron chi connectivity index (χ2n) is 4.55. The molecule has 1 aromatic carbocycles. The number of nitriles is 2. The van der Waals surface area contributed by atoms with E-state index in [9.17, 15) is 10.5 Å². The van der Waals surface area contributed by atoms with Crippen LogP contribution in [0.5, 0.6) is 5.75 Å². The van der Waals surface area contributed by atoms with Gasteiger partial charge in [0.2, 0.25) is 0 Å². The van der Waals surface area contributed by atoms with Crippen molar-refractivity contribution < 1.29 is 4.74 Å². The van der Waals surface area contributed by atoms with E-state index in [0.717, 1.165) is 11.3 Å². The molecule has 0 N–H and O–H groups in total. The molecule has 3 heteroatoms. The van der Waals surface area contributed by atoms with Gasteiger partial charge in [-0.2, -0.15) is 10.5 Å². The van der Waals surface area contributed by atoms with Crippen molar-refractivity contribution in [2.45, 2.75) is 19.3 Å².